The topological polar surface area (TPSA) is 110 Å². The molecule has 0 saturated carbocycles. The van der Waals surface area contributed by atoms with Crippen molar-refractivity contribution >= 4 is 11.8 Å². The SMILES string of the molecule is O=C(O)C1C(c2ccccc2)CCCN1c1nc(-c2cc(-c3ccon3)n(Cc3ccccc3F)n2)ncc1F. The molecule has 1 saturated heterocycles. The van der Waals surface area contributed by atoms with Crippen molar-refractivity contribution in [3.05, 3.63) is 102 Å². The Balaban J connectivity index is 1.40. The first kappa shape index (κ1) is 25.4. The van der Waals surface area contributed by atoms with Gasteiger partial charge in [0.25, 0.3) is 0 Å². The van der Waals surface area contributed by atoms with Crippen LogP contribution in [0.5, 0.6) is 0 Å². The van der Waals surface area contributed by atoms with Crippen LogP contribution in [0.4, 0.5) is 14.6 Å². The second-order valence-corrected chi connectivity index (χ2v) is 9.55. The molecule has 1 N–H and O–H groups in total. The van der Waals surface area contributed by atoms with Gasteiger partial charge in [0.1, 0.15) is 29.5 Å². The molecule has 0 spiro atoms. The standard InChI is InChI=1S/C29H24F2N6O3/c30-21-11-5-4-9-19(21)17-37-25(23-12-14-40-35-23)15-24(34-37)27-32-16-22(31)28(33-27)36-13-6-10-20(26(36)29(38)39)18-7-2-1-3-8-18/h1-5,7-9,11-12,14-16,20,26H,6,10,13,17H2,(H,38,39). The summed E-state index contributed by atoms with van der Waals surface area (Å²) >= 11 is 0. The van der Waals surface area contributed by atoms with Crippen molar-refractivity contribution in [2.45, 2.75) is 31.3 Å². The molecule has 0 radical (unpaired) electrons. The third kappa shape index (κ3) is 4.81. The maximum Gasteiger partial charge on any atom is 0.327 e. The quantitative estimate of drug-likeness (QED) is 0.300. The van der Waals surface area contributed by atoms with Crippen molar-refractivity contribution in [1.29, 1.82) is 0 Å². The van der Waals surface area contributed by atoms with Crippen LogP contribution in [0.15, 0.2) is 83.7 Å². The molecule has 5 aromatic rings. The van der Waals surface area contributed by atoms with E-state index in [0.717, 1.165) is 11.8 Å². The van der Waals surface area contributed by atoms with E-state index in [-0.39, 0.29) is 29.9 Å². The van der Waals surface area contributed by atoms with Crippen LogP contribution in [0.25, 0.3) is 22.9 Å². The Morgan fingerprint density at radius 2 is 1.82 bits per heavy atom. The molecule has 0 aliphatic carbocycles. The molecule has 4 heterocycles. The summed E-state index contributed by atoms with van der Waals surface area (Å²) in [5.41, 5.74) is 2.56. The first-order chi connectivity index (χ1) is 19.5. The maximum absolute atomic E-state index is 15.2. The molecule has 1 aliphatic heterocycles. The summed E-state index contributed by atoms with van der Waals surface area (Å²) in [6, 6.07) is 18.0. The molecule has 202 valence electrons. The van der Waals surface area contributed by atoms with Crippen molar-refractivity contribution in [2.75, 3.05) is 11.4 Å². The minimum atomic E-state index is -1.06. The summed E-state index contributed by atoms with van der Waals surface area (Å²) in [4.78, 5) is 22.6. The van der Waals surface area contributed by atoms with Crippen molar-refractivity contribution < 1.29 is 23.2 Å². The van der Waals surface area contributed by atoms with Gasteiger partial charge in [0.05, 0.1) is 18.4 Å². The Hall–Kier alpha value is -4.93. The smallest absolute Gasteiger partial charge is 0.327 e. The number of carboxylic acids is 1. The van der Waals surface area contributed by atoms with Gasteiger partial charge in [0.2, 0.25) is 0 Å². The lowest BCUT2D eigenvalue weighted by Gasteiger charge is -2.39. The number of hydrogen-bond donors (Lipinski definition) is 1. The predicted molar refractivity (Wildman–Crippen MR) is 141 cm³/mol. The monoisotopic (exact) mass is 542 g/mol. The second kappa shape index (κ2) is 10.7. The predicted octanol–water partition coefficient (Wildman–Crippen LogP) is 5.16. The van der Waals surface area contributed by atoms with Gasteiger partial charge in [-0.05, 0) is 30.5 Å². The van der Waals surface area contributed by atoms with Crippen molar-refractivity contribution in [1.82, 2.24) is 24.9 Å². The van der Waals surface area contributed by atoms with Gasteiger partial charge in [0, 0.05) is 24.1 Å². The Bertz CT molecular complexity index is 1640. The van der Waals surface area contributed by atoms with E-state index in [9.17, 15) is 14.3 Å². The molecule has 2 unspecified atom stereocenters. The molecule has 2 atom stereocenters. The molecule has 9 nitrogen and oxygen atoms in total. The number of aliphatic carboxylic acids is 1. The largest absolute Gasteiger partial charge is 0.480 e. The molecule has 1 fully saturated rings. The number of rotatable bonds is 7. The maximum atomic E-state index is 15.2. The lowest BCUT2D eigenvalue weighted by Crippen LogP contribution is -2.50. The van der Waals surface area contributed by atoms with Gasteiger partial charge in [-0.3, -0.25) is 4.68 Å². The second-order valence-electron chi connectivity index (χ2n) is 9.55. The molecular weight excluding hydrogens is 518 g/mol. The number of nitrogens with zero attached hydrogens (tertiary/aromatic N) is 6. The average Bonchev–Trinajstić information content (AvgIpc) is 3.65. The van der Waals surface area contributed by atoms with E-state index in [1.807, 2.05) is 30.3 Å². The van der Waals surface area contributed by atoms with Gasteiger partial charge in [-0.25, -0.2) is 23.5 Å². The van der Waals surface area contributed by atoms with Crippen molar-refractivity contribution in [3.63, 3.8) is 0 Å². The van der Waals surface area contributed by atoms with Crippen LogP contribution in [0.3, 0.4) is 0 Å². The van der Waals surface area contributed by atoms with E-state index < -0.39 is 17.8 Å². The Labute approximate surface area is 227 Å². The summed E-state index contributed by atoms with van der Waals surface area (Å²) in [5, 5.41) is 18.8. The van der Waals surface area contributed by atoms with Gasteiger partial charge in [-0.15, -0.1) is 0 Å². The van der Waals surface area contributed by atoms with Crippen LogP contribution in [0, 0.1) is 11.6 Å². The number of aromatic nitrogens is 5. The van der Waals surface area contributed by atoms with Gasteiger partial charge >= 0.3 is 5.97 Å². The number of carbonyl (C=O) groups is 1. The molecule has 40 heavy (non-hydrogen) atoms. The lowest BCUT2D eigenvalue weighted by molar-refractivity contribution is -0.139. The normalized spacial score (nSPS) is 17.2. The highest BCUT2D eigenvalue weighted by atomic mass is 19.1. The molecule has 0 bridgehead atoms. The van der Waals surface area contributed by atoms with Crippen molar-refractivity contribution in [2.24, 2.45) is 0 Å². The summed E-state index contributed by atoms with van der Waals surface area (Å²) in [7, 11) is 0. The van der Waals surface area contributed by atoms with Crippen molar-refractivity contribution in [3.8, 4) is 22.9 Å². The number of halogens is 2. The first-order valence-corrected chi connectivity index (χ1v) is 12.8. The van der Waals surface area contributed by atoms with E-state index in [1.165, 1.54) is 17.2 Å². The van der Waals surface area contributed by atoms with Crippen LogP contribution in [-0.2, 0) is 11.3 Å². The zero-order valence-corrected chi connectivity index (χ0v) is 21.2. The summed E-state index contributed by atoms with van der Waals surface area (Å²) < 4.78 is 36.2. The Morgan fingerprint density at radius 3 is 2.58 bits per heavy atom. The Kier molecular flexibility index (Phi) is 6.77. The highest BCUT2D eigenvalue weighted by Gasteiger charge is 2.39. The molecule has 0 amide bonds. The van der Waals surface area contributed by atoms with E-state index in [4.69, 9.17) is 4.52 Å². The fourth-order valence-electron chi connectivity index (χ4n) is 5.26. The molecule has 1 aliphatic rings. The highest BCUT2D eigenvalue weighted by molar-refractivity contribution is 5.80. The van der Waals surface area contributed by atoms with Gasteiger partial charge in [-0.1, -0.05) is 53.7 Å². The number of anilines is 1. The fraction of sp³-hybridized carbons (Fsp3) is 0.207. The lowest BCUT2D eigenvalue weighted by atomic mass is 9.83. The summed E-state index contributed by atoms with van der Waals surface area (Å²) in [6.07, 6.45) is 3.75. The number of benzene rings is 2. The van der Waals surface area contributed by atoms with Gasteiger partial charge in [0.15, 0.2) is 17.5 Å². The third-order valence-corrected chi connectivity index (χ3v) is 7.10. The summed E-state index contributed by atoms with van der Waals surface area (Å²) in [6.45, 7) is 0.411. The number of carboxylic acid groups (broad SMARTS) is 1. The number of piperidine rings is 1. The van der Waals surface area contributed by atoms with Crippen LogP contribution >= 0.6 is 0 Å². The van der Waals surface area contributed by atoms with E-state index in [2.05, 4.69) is 20.2 Å². The average molecular weight is 543 g/mol. The van der Waals surface area contributed by atoms with Crippen LogP contribution in [0.2, 0.25) is 0 Å². The van der Waals surface area contributed by atoms with Crippen LogP contribution < -0.4 is 4.90 Å². The van der Waals surface area contributed by atoms with E-state index in [0.29, 0.717) is 42.0 Å². The first-order valence-electron chi connectivity index (χ1n) is 12.8. The fourth-order valence-corrected chi connectivity index (χ4v) is 5.26. The van der Waals surface area contributed by atoms with Gasteiger partial charge < -0.3 is 14.5 Å². The molecular formula is C29H24F2N6O3. The number of hydrogen-bond acceptors (Lipinski definition) is 7. The molecule has 2 aromatic carbocycles. The van der Waals surface area contributed by atoms with Gasteiger partial charge in [-0.2, -0.15) is 5.10 Å². The van der Waals surface area contributed by atoms with E-state index >= 15 is 4.39 Å². The van der Waals surface area contributed by atoms with Crippen LogP contribution in [-0.4, -0.2) is 48.6 Å². The zero-order chi connectivity index (χ0) is 27.6. The van der Waals surface area contributed by atoms with Crippen LogP contribution in [0.1, 0.15) is 29.9 Å². The zero-order valence-electron chi connectivity index (χ0n) is 21.2. The molecule has 3 aromatic heterocycles. The Morgan fingerprint density at radius 1 is 1.02 bits per heavy atom. The van der Waals surface area contributed by atoms with E-state index in [1.54, 1.807) is 35.0 Å². The molecule has 11 heteroatoms. The molecule has 6 rings (SSSR count). The summed E-state index contributed by atoms with van der Waals surface area (Å²) in [5.74, 6) is -2.53. The minimum absolute atomic E-state index is 0.0922. The minimum Gasteiger partial charge on any atom is -0.480 e. The third-order valence-electron chi connectivity index (χ3n) is 7.10. The highest BCUT2D eigenvalue weighted by Crippen LogP contribution is 2.36.